The van der Waals surface area contributed by atoms with E-state index in [0.29, 0.717) is 12.1 Å². The van der Waals surface area contributed by atoms with E-state index < -0.39 is 6.09 Å². The second kappa shape index (κ2) is 3.92. The summed E-state index contributed by atoms with van der Waals surface area (Å²) in [5.74, 6) is 0.363. The summed E-state index contributed by atoms with van der Waals surface area (Å²) in [6, 6.07) is 0.0560. The van der Waals surface area contributed by atoms with Crippen molar-refractivity contribution in [3.8, 4) is 0 Å². The van der Waals surface area contributed by atoms with Crippen LogP contribution in [0.3, 0.4) is 0 Å². The third kappa shape index (κ3) is 1.52. The summed E-state index contributed by atoms with van der Waals surface area (Å²) in [7, 11) is 1.35. The van der Waals surface area contributed by atoms with Crippen LogP contribution in [0.5, 0.6) is 0 Å². The maximum absolute atomic E-state index is 11.9. The number of ether oxygens (including phenoxy) is 1. The van der Waals surface area contributed by atoms with E-state index >= 15 is 0 Å². The zero-order valence-electron chi connectivity index (χ0n) is 9.95. The average molecular weight is 223 g/mol. The molecular weight excluding hydrogens is 206 g/mol. The van der Waals surface area contributed by atoms with Crippen LogP contribution in [0.1, 0.15) is 33.1 Å². The molecule has 0 saturated carbocycles. The quantitative estimate of drug-likeness (QED) is 0.631. The second-order valence-corrected chi connectivity index (χ2v) is 4.63. The Balaban J connectivity index is 2.41. The second-order valence-electron chi connectivity index (χ2n) is 4.63. The van der Waals surface area contributed by atoms with E-state index in [1.807, 2.05) is 13.8 Å². The molecule has 0 spiro atoms. The predicted molar refractivity (Wildman–Crippen MR) is 58.8 cm³/mol. The van der Waals surface area contributed by atoms with E-state index in [2.05, 4.69) is 0 Å². The maximum atomic E-state index is 11.9. The van der Waals surface area contributed by atoms with E-state index in [0.717, 1.165) is 18.4 Å². The van der Waals surface area contributed by atoms with Crippen molar-refractivity contribution < 1.29 is 14.3 Å². The lowest BCUT2D eigenvalue weighted by atomic mass is 9.94. The normalized spacial score (nSPS) is 29.4. The van der Waals surface area contributed by atoms with Gasteiger partial charge in [0.25, 0.3) is 0 Å². The Hall–Kier alpha value is -1.32. The Kier molecular flexibility index (Phi) is 2.74. The van der Waals surface area contributed by atoms with Gasteiger partial charge in [0.05, 0.1) is 12.8 Å². The third-order valence-electron chi connectivity index (χ3n) is 3.54. The molecule has 1 amide bonds. The molecule has 0 fully saturated rings. The number of carbonyl (C=O) groups is 2. The Labute approximate surface area is 95.2 Å². The van der Waals surface area contributed by atoms with E-state index in [4.69, 9.17) is 4.74 Å². The Morgan fingerprint density at radius 3 is 2.75 bits per heavy atom. The van der Waals surface area contributed by atoms with Gasteiger partial charge in [0.15, 0.2) is 5.78 Å². The molecule has 2 rings (SSSR count). The summed E-state index contributed by atoms with van der Waals surface area (Å²) in [4.78, 5) is 25.1. The lowest BCUT2D eigenvalue weighted by Crippen LogP contribution is -2.42. The topological polar surface area (TPSA) is 46.6 Å². The number of nitrogens with zero attached hydrogens (tertiary/aromatic N) is 1. The molecule has 2 atom stereocenters. The number of amides is 1. The molecule has 0 aromatic carbocycles. The van der Waals surface area contributed by atoms with Crippen LogP contribution in [0, 0.1) is 5.92 Å². The van der Waals surface area contributed by atoms with Crippen LogP contribution in [-0.4, -0.2) is 29.9 Å². The van der Waals surface area contributed by atoms with E-state index in [1.54, 1.807) is 0 Å². The monoisotopic (exact) mass is 223 g/mol. The molecule has 1 aliphatic carbocycles. The van der Waals surface area contributed by atoms with Crippen LogP contribution in [0.15, 0.2) is 11.3 Å². The molecule has 0 aromatic heterocycles. The Morgan fingerprint density at radius 1 is 1.44 bits per heavy atom. The van der Waals surface area contributed by atoms with E-state index in [-0.39, 0.29) is 17.7 Å². The Bertz CT molecular complexity index is 372. The molecule has 88 valence electrons. The number of hydrogen-bond acceptors (Lipinski definition) is 3. The molecule has 0 saturated heterocycles. The first-order chi connectivity index (χ1) is 7.56. The minimum atomic E-state index is -0.415. The van der Waals surface area contributed by atoms with Crippen molar-refractivity contribution in [2.24, 2.45) is 5.92 Å². The van der Waals surface area contributed by atoms with Gasteiger partial charge in [-0.15, -0.1) is 0 Å². The highest BCUT2D eigenvalue weighted by Crippen LogP contribution is 2.39. The van der Waals surface area contributed by atoms with Gasteiger partial charge < -0.3 is 4.74 Å². The molecular formula is C12H17NO3. The SMILES string of the molecule is COC(=O)N1C2=C(CC[C@@H]1C)[C@@H](C)CC2=O. The molecule has 0 N–H and O–H groups in total. The molecule has 0 unspecified atom stereocenters. The molecule has 1 heterocycles. The molecule has 1 aliphatic heterocycles. The highest BCUT2D eigenvalue weighted by Gasteiger charge is 2.40. The van der Waals surface area contributed by atoms with Crippen molar-refractivity contribution in [1.29, 1.82) is 0 Å². The van der Waals surface area contributed by atoms with E-state index in [1.165, 1.54) is 12.0 Å². The highest BCUT2D eigenvalue weighted by atomic mass is 16.5. The van der Waals surface area contributed by atoms with Crippen molar-refractivity contribution in [3.05, 3.63) is 11.3 Å². The summed E-state index contributed by atoms with van der Waals surface area (Å²) < 4.78 is 4.75. The van der Waals surface area contributed by atoms with Crippen molar-refractivity contribution in [2.75, 3.05) is 7.11 Å². The summed E-state index contributed by atoms with van der Waals surface area (Å²) in [5, 5.41) is 0. The number of allylic oxidation sites excluding steroid dienone is 2. The molecule has 0 bridgehead atoms. The summed E-state index contributed by atoms with van der Waals surface area (Å²) in [6.07, 6.45) is 1.95. The van der Waals surface area contributed by atoms with Gasteiger partial charge in [0, 0.05) is 12.5 Å². The first-order valence-corrected chi connectivity index (χ1v) is 5.69. The van der Waals surface area contributed by atoms with Gasteiger partial charge in [-0.1, -0.05) is 6.92 Å². The van der Waals surface area contributed by atoms with Gasteiger partial charge in [-0.05, 0) is 31.3 Å². The maximum Gasteiger partial charge on any atom is 0.414 e. The first kappa shape index (κ1) is 11.2. The van der Waals surface area contributed by atoms with Crippen molar-refractivity contribution >= 4 is 11.9 Å². The van der Waals surface area contributed by atoms with Crippen LogP contribution in [0.25, 0.3) is 0 Å². The van der Waals surface area contributed by atoms with Crippen LogP contribution in [0.4, 0.5) is 4.79 Å². The number of methoxy groups -OCH3 is 1. The van der Waals surface area contributed by atoms with E-state index in [9.17, 15) is 9.59 Å². The molecule has 0 radical (unpaired) electrons. The lowest BCUT2D eigenvalue weighted by Gasteiger charge is -2.33. The number of hydrogen-bond donors (Lipinski definition) is 0. The van der Waals surface area contributed by atoms with Gasteiger partial charge >= 0.3 is 6.09 Å². The number of ketones is 1. The Morgan fingerprint density at radius 2 is 2.12 bits per heavy atom. The largest absolute Gasteiger partial charge is 0.452 e. The first-order valence-electron chi connectivity index (χ1n) is 5.69. The molecule has 0 aromatic rings. The minimum absolute atomic E-state index is 0.0560. The van der Waals surface area contributed by atoms with Gasteiger partial charge in [0.1, 0.15) is 0 Å². The zero-order valence-corrected chi connectivity index (χ0v) is 9.95. The summed E-state index contributed by atoms with van der Waals surface area (Å²) >= 11 is 0. The van der Waals surface area contributed by atoms with Gasteiger partial charge in [-0.25, -0.2) is 4.79 Å². The highest BCUT2D eigenvalue weighted by molar-refractivity contribution is 6.01. The van der Waals surface area contributed by atoms with Crippen molar-refractivity contribution in [3.63, 3.8) is 0 Å². The van der Waals surface area contributed by atoms with Crippen LogP contribution >= 0.6 is 0 Å². The zero-order chi connectivity index (χ0) is 11.9. The van der Waals surface area contributed by atoms with Gasteiger partial charge in [-0.3, -0.25) is 9.69 Å². The van der Waals surface area contributed by atoms with Crippen molar-refractivity contribution in [2.45, 2.75) is 39.2 Å². The fraction of sp³-hybridized carbons (Fsp3) is 0.667. The van der Waals surface area contributed by atoms with Gasteiger partial charge in [-0.2, -0.15) is 0 Å². The van der Waals surface area contributed by atoms with Crippen LogP contribution < -0.4 is 0 Å². The molecule has 4 heteroatoms. The summed E-state index contributed by atoms with van der Waals surface area (Å²) in [6.45, 7) is 4.00. The number of rotatable bonds is 0. The third-order valence-corrected chi connectivity index (χ3v) is 3.54. The van der Waals surface area contributed by atoms with Crippen LogP contribution in [-0.2, 0) is 9.53 Å². The minimum Gasteiger partial charge on any atom is -0.452 e. The number of Topliss-reactive ketones (excluding diaryl/α,β-unsaturated/α-hetero) is 1. The fourth-order valence-electron chi connectivity index (χ4n) is 2.65. The molecule has 16 heavy (non-hydrogen) atoms. The summed E-state index contributed by atoms with van der Waals surface area (Å²) in [5.41, 5.74) is 1.74. The number of carbonyl (C=O) groups excluding carboxylic acids is 2. The fourth-order valence-corrected chi connectivity index (χ4v) is 2.65. The average Bonchev–Trinajstić information content (AvgIpc) is 2.53. The van der Waals surface area contributed by atoms with Crippen molar-refractivity contribution in [1.82, 2.24) is 4.90 Å². The smallest absolute Gasteiger partial charge is 0.414 e. The lowest BCUT2D eigenvalue weighted by molar-refractivity contribution is -0.116. The standard InChI is InChI=1S/C12H17NO3/c1-7-6-10(14)11-9(7)5-4-8(2)13(11)12(15)16-3/h7-8H,4-6H2,1-3H3/t7-,8-/m0/s1. The molecule has 4 nitrogen and oxygen atoms in total. The molecule has 2 aliphatic rings. The van der Waals surface area contributed by atoms with Gasteiger partial charge in [0.2, 0.25) is 0 Å². The van der Waals surface area contributed by atoms with Crippen LogP contribution in [0.2, 0.25) is 0 Å². The predicted octanol–water partition coefficient (Wildman–Crippen LogP) is 2.10.